The predicted octanol–water partition coefficient (Wildman–Crippen LogP) is 1.07. The second-order valence-electron chi connectivity index (χ2n) is 3.37. The van der Waals surface area contributed by atoms with Crippen molar-refractivity contribution in [2.24, 2.45) is 0 Å². The molecular weight excluding hydrogens is 180 g/mol. The molecule has 14 heavy (non-hydrogen) atoms. The van der Waals surface area contributed by atoms with Gasteiger partial charge in [0.2, 0.25) is 0 Å². The van der Waals surface area contributed by atoms with Gasteiger partial charge in [0.15, 0.2) is 0 Å². The van der Waals surface area contributed by atoms with Crippen LogP contribution >= 0.6 is 0 Å². The third kappa shape index (κ3) is 1.36. The number of carbonyl (C=O) groups excluding carboxylic acids is 1. The van der Waals surface area contributed by atoms with E-state index in [-0.39, 0.29) is 5.97 Å². The summed E-state index contributed by atoms with van der Waals surface area (Å²) in [6, 6.07) is 1.74. The molecule has 1 aliphatic carbocycles. The Morgan fingerprint density at radius 1 is 1.50 bits per heavy atom. The predicted molar refractivity (Wildman–Crippen MR) is 49.6 cm³/mol. The highest BCUT2D eigenvalue weighted by atomic mass is 16.5. The molecule has 0 atom stereocenters. The number of rotatable bonds is 3. The summed E-state index contributed by atoms with van der Waals surface area (Å²) >= 11 is 0. The van der Waals surface area contributed by atoms with Crippen LogP contribution < -0.4 is 0 Å². The lowest BCUT2D eigenvalue weighted by Crippen LogP contribution is -2.25. The molecule has 0 bridgehead atoms. The Morgan fingerprint density at radius 3 is 2.64 bits per heavy atom. The quantitative estimate of drug-likeness (QED) is 0.672. The van der Waals surface area contributed by atoms with Gasteiger partial charge in [0, 0.05) is 12.4 Å². The molecule has 74 valence electrons. The Balaban J connectivity index is 2.21. The zero-order chi connectivity index (χ0) is 10.0. The van der Waals surface area contributed by atoms with E-state index >= 15 is 0 Å². The molecule has 1 fully saturated rings. The fourth-order valence-electron chi connectivity index (χ4n) is 1.46. The molecule has 0 amide bonds. The Morgan fingerprint density at radius 2 is 2.14 bits per heavy atom. The minimum absolute atomic E-state index is 0.189. The van der Waals surface area contributed by atoms with E-state index in [9.17, 15) is 4.79 Å². The van der Waals surface area contributed by atoms with Gasteiger partial charge in [0.1, 0.15) is 11.2 Å². The van der Waals surface area contributed by atoms with Gasteiger partial charge in [-0.1, -0.05) is 0 Å². The number of carbonyl (C=O) groups is 1. The summed E-state index contributed by atoms with van der Waals surface area (Å²) in [5, 5.41) is 0. The summed E-state index contributed by atoms with van der Waals surface area (Å²) in [4.78, 5) is 19.8. The van der Waals surface area contributed by atoms with Gasteiger partial charge in [-0.25, -0.2) is 9.97 Å². The van der Waals surface area contributed by atoms with E-state index in [1.54, 1.807) is 25.4 Å². The van der Waals surface area contributed by atoms with Gasteiger partial charge in [0.25, 0.3) is 0 Å². The molecule has 0 N–H and O–H groups in total. The molecule has 1 aliphatic rings. The van der Waals surface area contributed by atoms with Crippen LogP contribution in [0.25, 0.3) is 0 Å². The molecule has 1 aromatic rings. The average molecular weight is 192 g/mol. The van der Waals surface area contributed by atoms with Crippen molar-refractivity contribution in [1.82, 2.24) is 9.97 Å². The van der Waals surface area contributed by atoms with E-state index in [0.717, 1.165) is 12.8 Å². The maximum Gasteiger partial charge on any atom is 0.319 e. The summed E-state index contributed by atoms with van der Waals surface area (Å²) in [6.45, 7) is 2.22. The van der Waals surface area contributed by atoms with Crippen LogP contribution in [0.4, 0.5) is 0 Å². The molecule has 1 heterocycles. The zero-order valence-electron chi connectivity index (χ0n) is 8.06. The maximum absolute atomic E-state index is 11.6. The van der Waals surface area contributed by atoms with Crippen molar-refractivity contribution in [1.29, 1.82) is 0 Å². The molecule has 1 saturated carbocycles. The monoisotopic (exact) mass is 192 g/mol. The molecule has 1 aromatic heterocycles. The SMILES string of the molecule is CCOC(=O)C1(c2ncccn2)CC1. The van der Waals surface area contributed by atoms with Crippen molar-refractivity contribution in [3.05, 3.63) is 24.3 Å². The van der Waals surface area contributed by atoms with Gasteiger partial charge >= 0.3 is 5.97 Å². The molecule has 0 radical (unpaired) electrons. The number of hydrogen-bond donors (Lipinski definition) is 0. The van der Waals surface area contributed by atoms with Crippen LogP contribution in [0, 0.1) is 0 Å². The highest BCUT2D eigenvalue weighted by Crippen LogP contribution is 2.47. The van der Waals surface area contributed by atoms with Crippen molar-refractivity contribution in [3.63, 3.8) is 0 Å². The van der Waals surface area contributed by atoms with Crippen LogP contribution in [-0.2, 0) is 14.9 Å². The number of esters is 1. The first kappa shape index (κ1) is 9.12. The van der Waals surface area contributed by atoms with Crippen LogP contribution in [-0.4, -0.2) is 22.5 Å². The average Bonchev–Trinajstić information content (AvgIpc) is 3.00. The Kier molecular flexibility index (Phi) is 2.19. The van der Waals surface area contributed by atoms with Gasteiger partial charge in [-0.2, -0.15) is 0 Å². The largest absolute Gasteiger partial charge is 0.465 e. The van der Waals surface area contributed by atoms with Gasteiger partial charge in [-0.15, -0.1) is 0 Å². The maximum atomic E-state index is 11.6. The number of ether oxygens (including phenoxy) is 1. The lowest BCUT2D eigenvalue weighted by Gasteiger charge is -2.11. The molecular formula is C10H12N2O2. The first-order valence-electron chi connectivity index (χ1n) is 4.74. The summed E-state index contributed by atoms with van der Waals surface area (Å²) < 4.78 is 5.00. The number of nitrogens with zero attached hydrogens (tertiary/aromatic N) is 2. The fraction of sp³-hybridized carbons (Fsp3) is 0.500. The third-order valence-corrected chi connectivity index (χ3v) is 2.41. The first-order valence-corrected chi connectivity index (χ1v) is 4.74. The highest BCUT2D eigenvalue weighted by molar-refractivity contribution is 5.85. The Bertz CT molecular complexity index is 333. The van der Waals surface area contributed by atoms with E-state index in [4.69, 9.17) is 4.74 Å². The van der Waals surface area contributed by atoms with Gasteiger partial charge in [0.05, 0.1) is 6.61 Å². The topological polar surface area (TPSA) is 52.1 Å². The molecule has 0 aromatic carbocycles. The van der Waals surface area contributed by atoms with Crippen molar-refractivity contribution in [2.45, 2.75) is 25.2 Å². The summed E-state index contributed by atoms with van der Waals surface area (Å²) in [5.74, 6) is 0.407. The normalized spacial score (nSPS) is 17.5. The zero-order valence-corrected chi connectivity index (χ0v) is 8.06. The van der Waals surface area contributed by atoms with Gasteiger partial charge < -0.3 is 4.74 Å². The van der Waals surface area contributed by atoms with Crippen LogP contribution in [0.1, 0.15) is 25.6 Å². The molecule has 0 spiro atoms. The van der Waals surface area contributed by atoms with Gasteiger partial charge in [-0.05, 0) is 25.8 Å². The second kappa shape index (κ2) is 3.36. The smallest absolute Gasteiger partial charge is 0.319 e. The standard InChI is InChI=1S/C10H12N2O2/c1-2-14-9(13)10(4-5-10)8-11-6-3-7-12-8/h3,6-7H,2,4-5H2,1H3. The minimum atomic E-state index is -0.530. The van der Waals surface area contributed by atoms with Crippen molar-refractivity contribution < 1.29 is 9.53 Å². The third-order valence-electron chi connectivity index (χ3n) is 2.41. The van der Waals surface area contributed by atoms with Crippen LogP contribution in [0.15, 0.2) is 18.5 Å². The fourth-order valence-corrected chi connectivity index (χ4v) is 1.46. The van der Waals surface area contributed by atoms with E-state index in [1.807, 2.05) is 0 Å². The second-order valence-corrected chi connectivity index (χ2v) is 3.37. The summed E-state index contributed by atoms with van der Waals surface area (Å²) in [7, 11) is 0. The molecule has 0 saturated heterocycles. The first-order chi connectivity index (χ1) is 6.79. The highest BCUT2D eigenvalue weighted by Gasteiger charge is 2.55. The van der Waals surface area contributed by atoms with E-state index in [1.165, 1.54) is 0 Å². The molecule has 4 nitrogen and oxygen atoms in total. The molecule has 0 aliphatic heterocycles. The van der Waals surface area contributed by atoms with E-state index in [0.29, 0.717) is 12.4 Å². The Labute approximate surface area is 82.3 Å². The lowest BCUT2D eigenvalue weighted by atomic mass is 10.1. The molecule has 0 unspecified atom stereocenters. The van der Waals surface area contributed by atoms with E-state index in [2.05, 4.69) is 9.97 Å². The minimum Gasteiger partial charge on any atom is -0.465 e. The van der Waals surface area contributed by atoms with Crippen molar-refractivity contribution in [3.8, 4) is 0 Å². The summed E-state index contributed by atoms with van der Waals surface area (Å²) in [5.41, 5.74) is -0.530. The summed E-state index contributed by atoms with van der Waals surface area (Å²) in [6.07, 6.45) is 4.91. The molecule has 4 heteroatoms. The van der Waals surface area contributed by atoms with Crippen molar-refractivity contribution in [2.75, 3.05) is 6.61 Å². The van der Waals surface area contributed by atoms with Crippen molar-refractivity contribution >= 4 is 5.97 Å². The number of aromatic nitrogens is 2. The van der Waals surface area contributed by atoms with Crippen LogP contribution in [0.2, 0.25) is 0 Å². The molecule has 2 rings (SSSR count). The lowest BCUT2D eigenvalue weighted by molar-refractivity contribution is -0.146. The van der Waals surface area contributed by atoms with E-state index < -0.39 is 5.41 Å². The van der Waals surface area contributed by atoms with Crippen LogP contribution in [0.5, 0.6) is 0 Å². The Hall–Kier alpha value is -1.45. The number of hydrogen-bond acceptors (Lipinski definition) is 4. The van der Waals surface area contributed by atoms with Crippen LogP contribution in [0.3, 0.4) is 0 Å². The van der Waals surface area contributed by atoms with Gasteiger partial charge in [-0.3, -0.25) is 4.79 Å².